The van der Waals surface area contributed by atoms with Crippen LogP contribution in [0, 0.1) is 5.82 Å². The fourth-order valence-corrected chi connectivity index (χ4v) is 2.06. The average Bonchev–Trinajstić information content (AvgIpc) is 2.89. The van der Waals surface area contributed by atoms with Crippen LogP contribution in [0.3, 0.4) is 0 Å². The van der Waals surface area contributed by atoms with E-state index in [-0.39, 0.29) is 18.3 Å². The largest absolute Gasteiger partial charge is 0.497 e. The van der Waals surface area contributed by atoms with Crippen LogP contribution in [0.2, 0.25) is 0 Å². The van der Waals surface area contributed by atoms with Gasteiger partial charge in [0, 0.05) is 5.56 Å². The Morgan fingerprint density at radius 2 is 2.00 bits per heavy atom. The van der Waals surface area contributed by atoms with Crippen molar-refractivity contribution in [3.63, 3.8) is 0 Å². The number of rotatable bonds is 4. The molecule has 6 heteroatoms. The summed E-state index contributed by atoms with van der Waals surface area (Å²) in [4.78, 5) is 11.9. The molecule has 0 spiro atoms. The number of ether oxygens (including phenoxy) is 1. The maximum Gasteiger partial charge on any atom is 0.437 e. The van der Waals surface area contributed by atoms with Gasteiger partial charge < -0.3 is 9.15 Å². The van der Waals surface area contributed by atoms with Gasteiger partial charge in [0.15, 0.2) is 0 Å². The van der Waals surface area contributed by atoms with Crippen molar-refractivity contribution in [2.24, 2.45) is 0 Å². The highest BCUT2D eigenvalue weighted by Gasteiger charge is 2.11. The minimum atomic E-state index is -0.567. The highest BCUT2D eigenvalue weighted by atomic mass is 19.1. The first-order valence-corrected chi connectivity index (χ1v) is 6.62. The normalized spacial score (nSPS) is 10.6. The molecule has 0 fully saturated rings. The van der Waals surface area contributed by atoms with Crippen LogP contribution < -0.4 is 10.5 Å². The summed E-state index contributed by atoms with van der Waals surface area (Å²) in [6.45, 7) is 0.265. The van der Waals surface area contributed by atoms with E-state index in [1.165, 1.54) is 28.9 Å². The molecule has 0 N–H and O–H groups in total. The molecule has 0 radical (unpaired) electrons. The molecule has 0 bridgehead atoms. The number of nitrogens with zero attached hydrogens (tertiary/aromatic N) is 2. The van der Waals surface area contributed by atoms with Gasteiger partial charge in [-0.3, -0.25) is 0 Å². The van der Waals surface area contributed by atoms with E-state index < -0.39 is 5.76 Å². The molecule has 0 atom stereocenters. The van der Waals surface area contributed by atoms with Crippen molar-refractivity contribution in [1.29, 1.82) is 0 Å². The van der Waals surface area contributed by atoms with E-state index in [2.05, 4.69) is 5.10 Å². The summed E-state index contributed by atoms with van der Waals surface area (Å²) in [6.07, 6.45) is 0. The molecule has 0 aliphatic carbocycles. The topological polar surface area (TPSA) is 57.3 Å². The maximum absolute atomic E-state index is 12.9. The van der Waals surface area contributed by atoms with Crippen LogP contribution in [0.5, 0.6) is 5.75 Å². The summed E-state index contributed by atoms with van der Waals surface area (Å²) in [6, 6.07) is 12.9. The Morgan fingerprint density at radius 1 is 1.23 bits per heavy atom. The molecule has 0 saturated heterocycles. The van der Waals surface area contributed by atoms with Crippen LogP contribution in [0.4, 0.5) is 4.39 Å². The van der Waals surface area contributed by atoms with Crippen LogP contribution in [-0.2, 0) is 6.54 Å². The highest BCUT2D eigenvalue weighted by Crippen LogP contribution is 2.17. The van der Waals surface area contributed by atoms with E-state index in [1.807, 2.05) is 24.3 Å². The zero-order chi connectivity index (χ0) is 15.5. The average molecular weight is 300 g/mol. The third-order valence-electron chi connectivity index (χ3n) is 3.16. The molecule has 0 aliphatic heterocycles. The predicted molar refractivity (Wildman–Crippen MR) is 78.3 cm³/mol. The van der Waals surface area contributed by atoms with Gasteiger partial charge in [-0.1, -0.05) is 12.1 Å². The maximum atomic E-state index is 12.9. The monoisotopic (exact) mass is 300 g/mol. The minimum Gasteiger partial charge on any atom is -0.497 e. The van der Waals surface area contributed by atoms with E-state index >= 15 is 0 Å². The number of hydrogen-bond acceptors (Lipinski definition) is 4. The predicted octanol–water partition coefficient (Wildman–Crippen LogP) is 2.70. The molecule has 5 nitrogen and oxygen atoms in total. The second-order valence-corrected chi connectivity index (χ2v) is 4.69. The Balaban J connectivity index is 1.89. The molecule has 112 valence electrons. The molecule has 1 heterocycles. The Hall–Kier alpha value is -2.89. The van der Waals surface area contributed by atoms with E-state index in [0.29, 0.717) is 11.3 Å². The lowest BCUT2D eigenvalue weighted by Crippen LogP contribution is -2.16. The minimum absolute atomic E-state index is 0.160. The zero-order valence-electron chi connectivity index (χ0n) is 11.8. The molecule has 0 saturated carbocycles. The van der Waals surface area contributed by atoms with Gasteiger partial charge in [-0.25, -0.2) is 9.18 Å². The Morgan fingerprint density at radius 3 is 2.73 bits per heavy atom. The van der Waals surface area contributed by atoms with Gasteiger partial charge in [0.1, 0.15) is 11.6 Å². The summed E-state index contributed by atoms with van der Waals surface area (Å²) in [5.41, 5.74) is 1.41. The zero-order valence-corrected chi connectivity index (χ0v) is 11.8. The molecular formula is C16H13FN2O3. The summed E-state index contributed by atoms with van der Waals surface area (Å²) in [5.74, 6) is -0.0650. The Kier molecular flexibility index (Phi) is 3.74. The molecular weight excluding hydrogens is 287 g/mol. The molecule has 1 aromatic heterocycles. The lowest BCUT2D eigenvalue weighted by molar-refractivity contribution is 0.414. The van der Waals surface area contributed by atoms with Gasteiger partial charge in [0.25, 0.3) is 0 Å². The van der Waals surface area contributed by atoms with Crippen molar-refractivity contribution in [1.82, 2.24) is 9.78 Å². The van der Waals surface area contributed by atoms with Crippen molar-refractivity contribution in [2.45, 2.75) is 6.54 Å². The number of methoxy groups -OCH3 is 1. The van der Waals surface area contributed by atoms with Crippen molar-refractivity contribution < 1.29 is 13.5 Å². The molecule has 0 amide bonds. The summed E-state index contributed by atoms with van der Waals surface area (Å²) < 4.78 is 24.4. The number of halogens is 1. The van der Waals surface area contributed by atoms with Crippen LogP contribution in [0.1, 0.15) is 5.56 Å². The van der Waals surface area contributed by atoms with E-state index in [4.69, 9.17) is 9.15 Å². The molecule has 3 aromatic rings. The van der Waals surface area contributed by atoms with Gasteiger partial charge >= 0.3 is 5.76 Å². The van der Waals surface area contributed by atoms with Gasteiger partial charge in [-0.2, -0.15) is 4.68 Å². The second-order valence-electron chi connectivity index (χ2n) is 4.69. The Bertz CT molecular complexity index is 837. The van der Waals surface area contributed by atoms with Crippen molar-refractivity contribution in [3.8, 4) is 17.2 Å². The first kappa shape index (κ1) is 14.1. The van der Waals surface area contributed by atoms with Crippen LogP contribution >= 0.6 is 0 Å². The quantitative estimate of drug-likeness (QED) is 0.743. The molecule has 3 rings (SSSR count). The number of aromatic nitrogens is 2. The van der Waals surface area contributed by atoms with E-state index in [0.717, 1.165) is 5.56 Å². The number of benzene rings is 2. The van der Waals surface area contributed by atoms with Gasteiger partial charge in [-0.05, 0) is 42.0 Å². The van der Waals surface area contributed by atoms with Crippen molar-refractivity contribution in [3.05, 3.63) is 70.5 Å². The van der Waals surface area contributed by atoms with Crippen molar-refractivity contribution in [2.75, 3.05) is 7.11 Å². The second kappa shape index (κ2) is 5.85. The third-order valence-corrected chi connectivity index (χ3v) is 3.16. The summed E-state index contributed by atoms with van der Waals surface area (Å²) >= 11 is 0. The molecule has 0 unspecified atom stereocenters. The standard InChI is InChI=1S/C16H13FN2O3/c1-21-14-4-2-3-11(9-14)10-19-16(20)22-15(18-19)12-5-7-13(17)8-6-12/h2-9H,10H2,1H3. The fraction of sp³-hybridized carbons (Fsp3) is 0.125. The van der Waals surface area contributed by atoms with E-state index in [1.54, 1.807) is 7.11 Å². The lowest BCUT2D eigenvalue weighted by Gasteiger charge is -2.03. The Labute approximate surface area is 125 Å². The molecule has 2 aromatic carbocycles. The summed E-state index contributed by atoms with van der Waals surface area (Å²) in [7, 11) is 1.58. The molecule has 0 aliphatic rings. The lowest BCUT2D eigenvalue weighted by atomic mass is 10.2. The highest BCUT2D eigenvalue weighted by molar-refractivity contribution is 5.51. The van der Waals surface area contributed by atoms with Crippen LogP contribution in [0.15, 0.2) is 57.7 Å². The third kappa shape index (κ3) is 2.90. The first-order chi connectivity index (χ1) is 10.7. The SMILES string of the molecule is COc1cccc(Cn2nc(-c3ccc(F)cc3)oc2=O)c1. The van der Waals surface area contributed by atoms with Crippen molar-refractivity contribution >= 4 is 0 Å². The van der Waals surface area contributed by atoms with E-state index in [9.17, 15) is 9.18 Å². The number of hydrogen-bond donors (Lipinski definition) is 0. The van der Waals surface area contributed by atoms with Gasteiger partial charge in [-0.15, -0.1) is 5.10 Å². The van der Waals surface area contributed by atoms with Crippen LogP contribution in [0.25, 0.3) is 11.5 Å². The smallest absolute Gasteiger partial charge is 0.437 e. The fourth-order valence-electron chi connectivity index (χ4n) is 2.06. The molecule has 22 heavy (non-hydrogen) atoms. The first-order valence-electron chi connectivity index (χ1n) is 6.62. The van der Waals surface area contributed by atoms with Gasteiger partial charge in [0.05, 0.1) is 13.7 Å². The van der Waals surface area contributed by atoms with Gasteiger partial charge in [0.2, 0.25) is 5.89 Å². The summed E-state index contributed by atoms with van der Waals surface area (Å²) in [5, 5.41) is 4.13. The van der Waals surface area contributed by atoms with Crippen LogP contribution in [-0.4, -0.2) is 16.9 Å².